The minimum atomic E-state index is -0.943. The standard InChI is InChI=1S/C26H35ClN4O5/c1-19-14-22(5-6-23(19)27)35-18-26(15-25(33)30-8-11-34-12-9-30)17-31(10-13-36-26)24(32)7-4-21-16-29(3)28-20(21)2/h5-6,14,16H,4,7-13,15,17-18H2,1-3H3/t26-/m0/s1. The molecule has 0 unspecified atom stereocenters. The molecule has 2 aromatic rings. The maximum absolute atomic E-state index is 13.2. The lowest BCUT2D eigenvalue weighted by molar-refractivity contribution is -0.167. The first-order chi connectivity index (χ1) is 17.2. The molecule has 1 aromatic carbocycles. The van der Waals surface area contributed by atoms with Crippen molar-refractivity contribution in [1.82, 2.24) is 19.6 Å². The number of benzene rings is 1. The lowest BCUT2D eigenvalue weighted by atomic mass is 9.96. The molecule has 36 heavy (non-hydrogen) atoms. The largest absolute Gasteiger partial charge is 0.490 e. The first-order valence-corrected chi connectivity index (χ1v) is 12.8. The number of halogens is 1. The number of carbonyl (C=O) groups is 2. The van der Waals surface area contributed by atoms with Crippen molar-refractivity contribution in [3.63, 3.8) is 0 Å². The van der Waals surface area contributed by atoms with Crippen LogP contribution in [0.2, 0.25) is 5.02 Å². The molecule has 10 heteroatoms. The van der Waals surface area contributed by atoms with Crippen LogP contribution in [0.25, 0.3) is 0 Å². The summed E-state index contributed by atoms with van der Waals surface area (Å²) in [5.74, 6) is 0.663. The number of carbonyl (C=O) groups excluding carboxylic acids is 2. The fourth-order valence-corrected chi connectivity index (χ4v) is 4.84. The van der Waals surface area contributed by atoms with Crippen LogP contribution in [-0.2, 0) is 32.5 Å². The Morgan fingerprint density at radius 3 is 2.56 bits per heavy atom. The number of aryl methyl sites for hydroxylation is 4. The Morgan fingerprint density at radius 2 is 1.86 bits per heavy atom. The van der Waals surface area contributed by atoms with Crippen LogP contribution in [0.5, 0.6) is 5.75 Å². The van der Waals surface area contributed by atoms with Gasteiger partial charge in [0.25, 0.3) is 0 Å². The van der Waals surface area contributed by atoms with Crippen molar-refractivity contribution in [2.75, 3.05) is 52.6 Å². The quantitative estimate of drug-likeness (QED) is 0.534. The summed E-state index contributed by atoms with van der Waals surface area (Å²) in [6.45, 7) is 7.29. The summed E-state index contributed by atoms with van der Waals surface area (Å²) in [6, 6.07) is 5.45. The third-order valence-corrected chi connectivity index (χ3v) is 7.22. The van der Waals surface area contributed by atoms with E-state index in [9.17, 15) is 9.59 Å². The molecular formula is C26H35ClN4O5. The van der Waals surface area contributed by atoms with Gasteiger partial charge in [-0.05, 0) is 49.6 Å². The highest BCUT2D eigenvalue weighted by molar-refractivity contribution is 6.31. The Kier molecular flexibility index (Phi) is 8.54. The lowest BCUT2D eigenvalue weighted by Crippen LogP contribution is -2.58. The number of morpholine rings is 2. The van der Waals surface area contributed by atoms with E-state index in [4.69, 9.17) is 25.8 Å². The number of amides is 2. The molecule has 1 atom stereocenters. The summed E-state index contributed by atoms with van der Waals surface area (Å²) >= 11 is 6.16. The van der Waals surface area contributed by atoms with Gasteiger partial charge in [-0.15, -0.1) is 0 Å². The van der Waals surface area contributed by atoms with Gasteiger partial charge in [0.1, 0.15) is 18.0 Å². The smallest absolute Gasteiger partial charge is 0.225 e. The second-order valence-electron chi connectivity index (χ2n) is 9.63. The van der Waals surface area contributed by atoms with Crippen molar-refractivity contribution in [3.05, 3.63) is 46.2 Å². The van der Waals surface area contributed by atoms with E-state index in [0.717, 1.165) is 16.8 Å². The highest BCUT2D eigenvalue weighted by atomic mass is 35.5. The molecule has 0 bridgehead atoms. The van der Waals surface area contributed by atoms with E-state index < -0.39 is 5.60 Å². The molecule has 4 rings (SSSR count). The number of hydrogen-bond donors (Lipinski definition) is 0. The number of nitrogens with zero attached hydrogens (tertiary/aromatic N) is 4. The normalized spacial score (nSPS) is 20.4. The maximum Gasteiger partial charge on any atom is 0.225 e. The molecule has 2 fully saturated rings. The summed E-state index contributed by atoms with van der Waals surface area (Å²) in [6.07, 6.45) is 3.08. The molecule has 0 saturated carbocycles. The Bertz CT molecular complexity index is 1080. The monoisotopic (exact) mass is 518 g/mol. The predicted molar refractivity (Wildman–Crippen MR) is 135 cm³/mol. The molecule has 196 valence electrons. The zero-order valence-electron chi connectivity index (χ0n) is 21.3. The lowest BCUT2D eigenvalue weighted by Gasteiger charge is -2.43. The molecule has 2 amide bonds. The molecule has 0 aliphatic carbocycles. The number of aromatic nitrogens is 2. The van der Waals surface area contributed by atoms with Gasteiger partial charge in [-0.1, -0.05) is 11.6 Å². The second kappa shape index (κ2) is 11.6. The molecule has 0 radical (unpaired) electrons. The molecule has 0 N–H and O–H groups in total. The van der Waals surface area contributed by atoms with Crippen molar-refractivity contribution < 1.29 is 23.8 Å². The zero-order chi connectivity index (χ0) is 25.7. The molecule has 9 nitrogen and oxygen atoms in total. The van der Waals surface area contributed by atoms with Gasteiger partial charge in [0, 0.05) is 44.3 Å². The minimum Gasteiger partial charge on any atom is -0.490 e. The van der Waals surface area contributed by atoms with E-state index >= 15 is 0 Å². The van der Waals surface area contributed by atoms with E-state index in [-0.39, 0.29) is 24.8 Å². The van der Waals surface area contributed by atoms with Gasteiger partial charge in [-0.3, -0.25) is 14.3 Å². The SMILES string of the molecule is Cc1cc(OC[C@]2(CC(=O)N3CCOCC3)CN(C(=O)CCc3cn(C)nc3C)CCO2)ccc1Cl. The third-order valence-electron chi connectivity index (χ3n) is 6.79. The number of rotatable bonds is 8. The van der Waals surface area contributed by atoms with Gasteiger partial charge in [0.2, 0.25) is 11.8 Å². The van der Waals surface area contributed by atoms with Crippen molar-refractivity contribution in [1.29, 1.82) is 0 Å². The highest BCUT2D eigenvalue weighted by Crippen LogP contribution is 2.28. The summed E-state index contributed by atoms with van der Waals surface area (Å²) in [7, 11) is 1.88. The van der Waals surface area contributed by atoms with Crippen LogP contribution in [0.15, 0.2) is 24.4 Å². The summed E-state index contributed by atoms with van der Waals surface area (Å²) < 4.78 is 19.5. The Balaban J connectivity index is 1.46. The van der Waals surface area contributed by atoms with Gasteiger partial charge in [-0.25, -0.2) is 0 Å². The van der Waals surface area contributed by atoms with E-state index in [1.807, 2.05) is 33.2 Å². The van der Waals surface area contributed by atoms with E-state index in [1.54, 1.807) is 26.6 Å². The van der Waals surface area contributed by atoms with Crippen LogP contribution in [0, 0.1) is 13.8 Å². The van der Waals surface area contributed by atoms with Crippen molar-refractivity contribution >= 4 is 23.4 Å². The zero-order valence-corrected chi connectivity index (χ0v) is 22.1. The third kappa shape index (κ3) is 6.57. The van der Waals surface area contributed by atoms with E-state index in [2.05, 4.69) is 5.10 Å². The first-order valence-electron chi connectivity index (χ1n) is 12.4. The van der Waals surface area contributed by atoms with Crippen LogP contribution >= 0.6 is 11.6 Å². The van der Waals surface area contributed by atoms with Gasteiger partial charge in [-0.2, -0.15) is 5.10 Å². The molecule has 1 aromatic heterocycles. The number of hydrogen-bond acceptors (Lipinski definition) is 6. The maximum atomic E-state index is 13.2. The van der Waals surface area contributed by atoms with Gasteiger partial charge >= 0.3 is 0 Å². The second-order valence-corrected chi connectivity index (χ2v) is 10.0. The van der Waals surface area contributed by atoms with Crippen molar-refractivity contribution in [2.24, 2.45) is 7.05 Å². The topological polar surface area (TPSA) is 86.1 Å². The Morgan fingerprint density at radius 1 is 1.11 bits per heavy atom. The molecule has 2 aliphatic heterocycles. The van der Waals surface area contributed by atoms with Crippen molar-refractivity contribution in [2.45, 2.75) is 38.7 Å². The van der Waals surface area contributed by atoms with Crippen LogP contribution in [0.4, 0.5) is 0 Å². The van der Waals surface area contributed by atoms with Crippen molar-refractivity contribution in [3.8, 4) is 5.75 Å². The molecule has 2 aliphatic rings. The average molecular weight is 519 g/mol. The first kappa shape index (κ1) is 26.4. The van der Waals surface area contributed by atoms with Gasteiger partial charge < -0.3 is 24.0 Å². The highest BCUT2D eigenvalue weighted by Gasteiger charge is 2.42. The van der Waals surface area contributed by atoms with Crippen LogP contribution in [0.1, 0.15) is 29.7 Å². The van der Waals surface area contributed by atoms with Gasteiger partial charge in [0.05, 0.1) is 38.5 Å². The van der Waals surface area contributed by atoms with Gasteiger partial charge in [0.15, 0.2) is 0 Å². The summed E-state index contributed by atoms with van der Waals surface area (Å²) in [4.78, 5) is 30.0. The fourth-order valence-electron chi connectivity index (χ4n) is 4.72. The van der Waals surface area contributed by atoms with E-state index in [1.165, 1.54) is 0 Å². The predicted octanol–water partition coefficient (Wildman–Crippen LogP) is 2.55. The number of ether oxygens (including phenoxy) is 3. The average Bonchev–Trinajstić information content (AvgIpc) is 3.20. The van der Waals surface area contributed by atoms with Crippen LogP contribution in [-0.4, -0.2) is 89.6 Å². The molecule has 2 saturated heterocycles. The molecule has 0 spiro atoms. The van der Waals surface area contributed by atoms with E-state index in [0.29, 0.717) is 69.6 Å². The molecular weight excluding hydrogens is 484 g/mol. The Labute approximate surface area is 217 Å². The van der Waals surface area contributed by atoms with Crippen LogP contribution in [0.3, 0.4) is 0 Å². The Hall–Kier alpha value is -2.62. The van der Waals surface area contributed by atoms with Crippen LogP contribution < -0.4 is 4.74 Å². The summed E-state index contributed by atoms with van der Waals surface area (Å²) in [5, 5.41) is 5.02. The minimum absolute atomic E-state index is 0.0190. The summed E-state index contributed by atoms with van der Waals surface area (Å²) in [5.41, 5.74) is 1.96. The molecule has 3 heterocycles. The fraction of sp³-hybridized carbons (Fsp3) is 0.577.